The van der Waals surface area contributed by atoms with Crippen molar-refractivity contribution in [1.82, 2.24) is 15.8 Å². The minimum atomic E-state index is -1.32. The van der Waals surface area contributed by atoms with Crippen LogP contribution in [-0.4, -0.2) is 50.1 Å². The van der Waals surface area contributed by atoms with Crippen LogP contribution in [0.15, 0.2) is 66.7 Å². The number of aromatic hydroxyl groups is 2. The number of nitrogens with one attached hydrogen (secondary N) is 2. The number of aliphatic carboxylic acids is 1. The lowest BCUT2D eigenvalue weighted by atomic mass is 10.1. The molecule has 3 amide bonds. The molecule has 186 valence electrons. The van der Waals surface area contributed by atoms with Crippen molar-refractivity contribution in [2.45, 2.75) is 19.5 Å². The molecule has 36 heavy (non-hydrogen) atoms. The summed E-state index contributed by atoms with van der Waals surface area (Å²) in [6.45, 7) is 1.37. The Morgan fingerprint density at radius 1 is 0.889 bits per heavy atom. The van der Waals surface area contributed by atoms with Crippen LogP contribution >= 0.6 is 11.6 Å². The first-order valence-electron chi connectivity index (χ1n) is 10.6. The Morgan fingerprint density at radius 2 is 1.56 bits per heavy atom. The zero-order valence-corrected chi connectivity index (χ0v) is 19.7. The van der Waals surface area contributed by atoms with E-state index in [1.54, 1.807) is 12.1 Å². The number of carboxylic acids is 1. The summed E-state index contributed by atoms with van der Waals surface area (Å²) in [6, 6.07) is 14.0. The molecule has 1 atom stereocenters. The summed E-state index contributed by atoms with van der Waals surface area (Å²) < 4.78 is 0. The normalized spacial score (nSPS) is 11.4. The average Bonchev–Trinajstić information content (AvgIpc) is 2.84. The van der Waals surface area contributed by atoms with Crippen LogP contribution in [0.5, 0.6) is 11.5 Å². The highest BCUT2D eigenvalue weighted by Crippen LogP contribution is 2.22. The van der Waals surface area contributed by atoms with E-state index in [1.165, 1.54) is 55.5 Å². The molecule has 0 fully saturated rings. The number of hydrazine groups is 1. The number of nitrogens with zero attached hydrogens (tertiary/aromatic N) is 1. The van der Waals surface area contributed by atoms with Gasteiger partial charge in [0.1, 0.15) is 17.5 Å². The van der Waals surface area contributed by atoms with Crippen molar-refractivity contribution < 1.29 is 34.5 Å². The van der Waals surface area contributed by atoms with E-state index in [0.29, 0.717) is 10.6 Å². The van der Waals surface area contributed by atoms with Gasteiger partial charge in [-0.1, -0.05) is 29.8 Å². The predicted molar refractivity (Wildman–Crippen MR) is 130 cm³/mol. The topological polar surface area (TPSA) is 156 Å². The van der Waals surface area contributed by atoms with Crippen molar-refractivity contribution >= 4 is 35.3 Å². The molecule has 3 rings (SSSR count). The van der Waals surface area contributed by atoms with Gasteiger partial charge < -0.3 is 20.6 Å². The van der Waals surface area contributed by atoms with Gasteiger partial charge in [-0.2, -0.15) is 0 Å². The standard InChI is InChI=1S/C25H22ClN3O7/c1-14(25(35)36)28-29(23(33)17-5-3-7-19(31)11-17)24(34)20-9-8-16(12-21(20)26)22(32)27-13-15-4-2-6-18(30)10-15/h2-12,14,28,30-31H,13H2,1H3,(H,27,32)(H,35,36)/t14-/m0/s1. The summed E-state index contributed by atoms with van der Waals surface area (Å²) >= 11 is 6.27. The molecule has 0 heterocycles. The summed E-state index contributed by atoms with van der Waals surface area (Å²) in [5.41, 5.74) is 2.89. The number of carboxylic acid groups (broad SMARTS) is 1. The molecule has 0 saturated heterocycles. The molecule has 0 aliphatic carbocycles. The van der Waals surface area contributed by atoms with E-state index in [-0.39, 0.29) is 39.8 Å². The molecule has 0 unspecified atom stereocenters. The molecule has 0 aliphatic rings. The van der Waals surface area contributed by atoms with Crippen LogP contribution in [0.3, 0.4) is 0 Å². The number of carbonyl (C=O) groups is 4. The van der Waals surface area contributed by atoms with E-state index >= 15 is 0 Å². The van der Waals surface area contributed by atoms with Gasteiger partial charge in [0.15, 0.2) is 0 Å². The maximum atomic E-state index is 13.2. The van der Waals surface area contributed by atoms with Crippen molar-refractivity contribution in [3.63, 3.8) is 0 Å². The van der Waals surface area contributed by atoms with Crippen LogP contribution < -0.4 is 10.7 Å². The Bertz CT molecular complexity index is 1330. The summed E-state index contributed by atoms with van der Waals surface area (Å²) in [5, 5.41) is 31.5. The maximum Gasteiger partial charge on any atom is 0.322 e. The van der Waals surface area contributed by atoms with Gasteiger partial charge in [-0.05, 0) is 61.0 Å². The van der Waals surface area contributed by atoms with E-state index < -0.39 is 29.7 Å². The van der Waals surface area contributed by atoms with Crippen LogP contribution in [-0.2, 0) is 11.3 Å². The van der Waals surface area contributed by atoms with E-state index in [4.69, 9.17) is 11.6 Å². The molecule has 0 aromatic heterocycles. The Labute approximate surface area is 210 Å². The van der Waals surface area contributed by atoms with Gasteiger partial charge in [0, 0.05) is 17.7 Å². The fraction of sp³-hybridized carbons (Fsp3) is 0.120. The van der Waals surface area contributed by atoms with Gasteiger partial charge >= 0.3 is 5.97 Å². The SMILES string of the molecule is C[C@H](NN(C(=O)c1cccc(O)c1)C(=O)c1ccc(C(=O)NCc2cccc(O)c2)cc1Cl)C(=O)O. The fourth-order valence-electron chi connectivity index (χ4n) is 3.13. The lowest BCUT2D eigenvalue weighted by Gasteiger charge is -2.24. The van der Waals surface area contributed by atoms with Crippen molar-refractivity contribution in [2.24, 2.45) is 0 Å². The molecule has 3 aromatic carbocycles. The van der Waals surface area contributed by atoms with Gasteiger partial charge in [0.25, 0.3) is 17.7 Å². The number of rotatable bonds is 8. The lowest BCUT2D eigenvalue weighted by Crippen LogP contribution is -2.53. The highest BCUT2D eigenvalue weighted by molar-refractivity contribution is 6.34. The van der Waals surface area contributed by atoms with E-state index in [1.807, 2.05) is 0 Å². The number of halogens is 1. The number of hydrogen-bond acceptors (Lipinski definition) is 7. The number of imide groups is 1. The quantitative estimate of drug-likeness (QED) is 0.228. The molecule has 3 aromatic rings. The Balaban J connectivity index is 1.83. The number of amides is 3. The fourth-order valence-corrected chi connectivity index (χ4v) is 3.39. The molecule has 0 radical (unpaired) electrons. The Hall–Kier alpha value is -4.41. The van der Waals surface area contributed by atoms with Crippen LogP contribution in [0.4, 0.5) is 0 Å². The van der Waals surface area contributed by atoms with E-state index in [2.05, 4.69) is 10.7 Å². The average molecular weight is 512 g/mol. The van der Waals surface area contributed by atoms with Gasteiger partial charge in [0.2, 0.25) is 0 Å². The Kier molecular flexibility index (Phi) is 8.26. The van der Waals surface area contributed by atoms with Crippen molar-refractivity contribution in [3.05, 3.63) is 94.0 Å². The zero-order valence-electron chi connectivity index (χ0n) is 18.9. The predicted octanol–water partition coefficient (Wildman–Crippen LogP) is 2.94. The lowest BCUT2D eigenvalue weighted by molar-refractivity contribution is -0.139. The third-order valence-corrected chi connectivity index (χ3v) is 5.33. The first kappa shape index (κ1) is 26.2. The van der Waals surface area contributed by atoms with Gasteiger partial charge in [0.05, 0.1) is 10.6 Å². The van der Waals surface area contributed by atoms with Crippen molar-refractivity contribution in [2.75, 3.05) is 0 Å². The van der Waals surface area contributed by atoms with Crippen LogP contribution in [0.2, 0.25) is 5.02 Å². The molecule has 0 spiro atoms. The molecular formula is C25H22ClN3O7. The third-order valence-electron chi connectivity index (χ3n) is 5.02. The monoisotopic (exact) mass is 511 g/mol. The summed E-state index contributed by atoms with van der Waals surface area (Å²) in [5.74, 6) is -3.87. The van der Waals surface area contributed by atoms with Crippen molar-refractivity contribution in [1.29, 1.82) is 0 Å². The number of phenolic OH excluding ortho intramolecular Hbond substituents is 2. The third kappa shape index (κ3) is 6.38. The highest BCUT2D eigenvalue weighted by atomic mass is 35.5. The largest absolute Gasteiger partial charge is 0.508 e. The number of benzene rings is 3. The highest BCUT2D eigenvalue weighted by Gasteiger charge is 2.29. The summed E-state index contributed by atoms with van der Waals surface area (Å²) in [6.07, 6.45) is 0. The molecule has 5 N–H and O–H groups in total. The summed E-state index contributed by atoms with van der Waals surface area (Å²) in [4.78, 5) is 50.1. The molecule has 11 heteroatoms. The first-order chi connectivity index (χ1) is 17.1. The van der Waals surface area contributed by atoms with E-state index in [9.17, 15) is 34.5 Å². The first-order valence-corrected chi connectivity index (χ1v) is 11.0. The van der Waals surface area contributed by atoms with Crippen LogP contribution in [0.1, 0.15) is 43.6 Å². The van der Waals surface area contributed by atoms with Gasteiger partial charge in [-0.3, -0.25) is 19.2 Å². The van der Waals surface area contributed by atoms with Gasteiger partial charge in [-0.15, -0.1) is 0 Å². The second kappa shape index (κ2) is 11.3. The number of carbonyl (C=O) groups excluding carboxylic acids is 3. The Morgan fingerprint density at radius 3 is 2.17 bits per heavy atom. The van der Waals surface area contributed by atoms with Gasteiger partial charge in [-0.25, -0.2) is 10.4 Å². The number of phenols is 2. The smallest absolute Gasteiger partial charge is 0.322 e. The minimum Gasteiger partial charge on any atom is -0.508 e. The molecule has 0 bridgehead atoms. The van der Waals surface area contributed by atoms with E-state index in [0.717, 1.165) is 6.07 Å². The second-order valence-electron chi connectivity index (χ2n) is 7.73. The zero-order chi connectivity index (χ0) is 26.4. The number of hydrogen-bond donors (Lipinski definition) is 5. The maximum absolute atomic E-state index is 13.2. The molecule has 10 nitrogen and oxygen atoms in total. The molecule has 0 saturated carbocycles. The summed E-state index contributed by atoms with van der Waals surface area (Å²) in [7, 11) is 0. The molecular weight excluding hydrogens is 490 g/mol. The molecule has 0 aliphatic heterocycles. The van der Waals surface area contributed by atoms with Crippen molar-refractivity contribution in [3.8, 4) is 11.5 Å². The van der Waals surface area contributed by atoms with Crippen LogP contribution in [0, 0.1) is 0 Å². The minimum absolute atomic E-state index is 0.0586. The van der Waals surface area contributed by atoms with Crippen LogP contribution in [0.25, 0.3) is 0 Å². The second-order valence-corrected chi connectivity index (χ2v) is 8.14.